The monoisotopic (exact) mass is 440 g/mol. The summed E-state index contributed by atoms with van der Waals surface area (Å²) < 4.78 is 40.3. The van der Waals surface area contributed by atoms with Crippen molar-refractivity contribution < 1.29 is 27.5 Å². The summed E-state index contributed by atoms with van der Waals surface area (Å²) >= 11 is 1.55. The number of hydrogen-bond acceptors (Lipinski definition) is 5. The second kappa shape index (κ2) is 11.3. The third-order valence-corrected chi connectivity index (χ3v) is 4.70. The number of primary amides is 1. The van der Waals surface area contributed by atoms with E-state index in [1.807, 2.05) is 30.3 Å². The lowest BCUT2D eigenvalue weighted by molar-refractivity contribution is -0.274. The summed E-state index contributed by atoms with van der Waals surface area (Å²) in [5, 5.41) is 5.35. The van der Waals surface area contributed by atoms with Crippen LogP contribution in [-0.2, 0) is 15.3 Å². The van der Waals surface area contributed by atoms with Crippen LogP contribution in [0.15, 0.2) is 54.6 Å². The molecule has 2 aromatic carbocycles. The SMILES string of the molecule is NC(=O)[C@@H](CNc1ccc(OC(F)(F)F)cc1)NC(=O)[CH]CSCc1ccccc1. The minimum absolute atomic E-state index is 0.0223. The van der Waals surface area contributed by atoms with E-state index in [0.717, 1.165) is 23.4 Å². The standard InChI is InChI=1S/C20H21F3N3O3S/c21-20(22,23)29-16-8-6-15(7-9-16)25-12-17(19(24)28)26-18(27)10-11-30-13-14-4-2-1-3-5-14/h1-10,17,25H,11-13H2,(H2,24,28)(H,26,27)/t17-/m1/s1. The Morgan fingerprint density at radius 1 is 1.10 bits per heavy atom. The Bertz CT molecular complexity index is 818. The van der Waals surface area contributed by atoms with E-state index in [1.54, 1.807) is 11.8 Å². The first-order valence-corrected chi connectivity index (χ1v) is 10.0. The molecule has 0 heterocycles. The number of rotatable bonds is 11. The summed E-state index contributed by atoms with van der Waals surface area (Å²) in [6.07, 6.45) is -3.35. The number of benzene rings is 2. The van der Waals surface area contributed by atoms with E-state index in [9.17, 15) is 22.8 Å². The lowest BCUT2D eigenvalue weighted by atomic mass is 10.2. The summed E-state index contributed by atoms with van der Waals surface area (Å²) in [5.41, 5.74) is 6.89. The summed E-state index contributed by atoms with van der Waals surface area (Å²) in [7, 11) is 0. The number of ether oxygens (including phenoxy) is 1. The van der Waals surface area contributed by atoms with Gasteiger partial charge in [-0.05, 0) is 29.8 Å². The number of nitrogens with one attached hydrogen (secondary N) is 2. The smallest absolute Gasteiger partial charge is 0.406 e. The van der Waals surface area contributed by atoms with Gasteiger partial charge in [-0.3, -0.25) is 9.59 Å². The van der Waals surface area contributed by atoms with E-state index in [-0.39, 0.29) is 12.3 Å². The molecule has 10 heteroatoms. The minimum atomic E-state index is -4.77. The van der Waals surface area contributed by atoms with Gasteiger partial charge in [-0.25, -0.2) is 0 Å². The average molecular weight is 440 g/mol. The number of nitrogens with two attached hydrogens (primary N) is 1. The first kappa shape index (κ1) is 23.4. The Balaban J connectivity index is 1.74. The first-order chi connectivity index (χ1) is 14.2. The average Bonchev–Trinajstić information content (AvgIpc) is 2.69. The summed E-state index contributed by atoms with van der Waals surface area (Å²) in [5.74, 6) is -0.330. The maximum Gasteiger partial charge on any atom is 0.573 e. The molecule has 2 rings (SSSR count). The molecule has 4 N–H and O–H groups in total. The lowest BCUT2D eigenvalue weighted by Gasteiger charge is -2.17. The van der Waals surface area contributed by atoms with Gasteiger partial charge in [0.1, 0.15) is 11.8 Å². The third-order valence-electron chi connectivity index (χ3n) is 3.76. The third kappa shape index (κ3) is 9.08. The van der Waals surface area contributed by atoms with Crippen molar-refractivity contribution in [1.29, 1.82) is 0 Å². The maximum atomic E-state index is 12.2. The van der Waals surface area contributed by atoms with Gasteiger partial charge in [-0.2, -0.15) is 11.8 Å². The molecule has 6 nitrogen and oxygen atoms in total. The summed E-state index contributed by atoms with van der Waals surface area (Å²) in [6.45, 7) is -0.0223. The zero-order valence-electron chi connectivity index (χ0n) is 15.8. The second-order valence-electron chi connectivity index (χ2n) is 6.12. The molecule has 0 bridgehead atoms. The lowest BCUT2D eigenvalue weighted by Crippen LogP contribution is -2.48. The van der Waals surface area contributed by atoms with Crippen molar-refractivity contribution >= 4 is 29.3 Å². The molecule has 30 heavy (non-hydrogen) atoms. The number of anilines is 1. The molecule has 0 aliphatic carbocycles. The molecule has 0 aliphatic rings. The van der Waals surface area contributed by atoms with E-state index in [2.05, 4.69) is 15.4 Å². The van der Waals surface area contributed by atoms with Crippen LogP contribution >= 0.6 is 11.8 Å². The fourth-order valence-electron chi connectivity index (χ4n) is 2.33. The van der Waals surface area contributed by atoms with Crippen LogP contribution < -0.4 is 21.1 Å². The molecular weight excluding hydrogens is 419 g/mol. The minimum Gasteiger partial charge on any atom is -0.406 e. The number of carbonyl (C=O) groups excluding carboxylic acids is 2. The Hall–Kier alpha value is -2.88. The van der Waals surface area contributed by atoms with E-state index < -0.39 is 24.2 Å². The predicted molar refractivity (Wildman–Crippen MR) is 110 cm³/mol. The van der Waals surface area contributed by atoms with E-state index >= 15 is 0 Å². The van der Waals surface area contributed by atoms with E-state index in [1.165, 1.54) is 18.6 Å². The number of amides is 2. The van der Waals surface area contributed by atoms with Gasteiger partial charge in [0, 0.05) is 23.7 Å². The van der Waals surface area contributed by atoms with Crippen LogP contribution in [0.1, 0.15) is 5.56 Å². The van der Waals surface area contributed by atoms with Crippen molar-refractivity contribution in [3.05, 3.63) is 66.6 Å². The van der Waals surface area contributed by atoms with Crippen LogP contribution in [0.25, 0.3) is 0 Å². The molecule has 0 unspecified atom stereocenters. The molecule has 2 aromatic rings. The molecule has 0 saturated heterocycles. The molecule has 161 valence electrons. The van der Waals surface area contributed by atoms with Crippen LogP contribution in [0.3, 0.4) is 0 Å². The highest BCUT2D eigenvalue weighted by Gasteiger charge is 2.31. The Labute approximate surface area is 176 Å². The van der Waals surface area contributed by atoms with Crippen LogP contribution in [0.2, 0.25) is 0 Å². The molecular formula is C20H21F3N3O3S. The van der Waals surface area contributed by atoms with Crippen molar-refractivity contribution in [1.82, 2.24) is 5.32 Å². The molecule has 1 atom stereocenters. The zero-order chi connectivity index (χ0) is 22.0. The number of hydrogen-bond donors (Lipinski definition) is 3. The largest absolute Gasteiger partial charge is 0.573 e. The fourth-order valence-corrected chi connectivity index (χ4v) is 3.15. The van der Waals surface area contributed by atoms with Gasteiger partial charge < -0.3 is 21.1 Å². The Kier molecular flexibility index (Phi) is 8.85. The van der Waals surface area contributed by atoms with Crippen LogP contribution in [0.5, 0.6) is 5.75 Å². The van der Waals surface area contributed by atoms with Crippen molar-refractivity contribution in [2.75, 3.05) is 17.6 Å². The van der Waals surface area contributed by atoms with Crippen molar-refractivity contribution in [3.63, 3.8) is 0 Å². The highest BCUT2D eigenvalue weighted by molar-refractivity contribution is 7.98. The molecule has 0 aliphatic heterocycles. The van der Waals surface area contributed by atoms with Crippen LogP contribution in [0.4, 0.5) is 18.9 Å². The summed E-state index contributed by atoms with van der Waals surface area (Å²) in [6, 6.07) is 13.8. The van der Waals surface area contributed by atoms with Gasteiger partial charge in [0.05, 0.1) is 6.42 Å². The van der Waals surface area contributed by atoms with Crippen molar-refractivity contribution in [2.24, 2.45) is 5.73 Å². The Morgan fingerprint density at radius 3 is 2.37 bits per heavy atom. The van der Waals surface area contributed by atoms with Gasteiger partial charge >= 0.3 is 6.36 Å². The predicted octanol–water partition coefficient (Wildman–Crippen LogP) is 3.10. The first-order valence-electron chi connectivity index (χ1n) is 8.87. The highest BCUT2D eigenvalue weighted by Crippen LogP contribution is 2.23. The fraction of sp³-hybridized carbons (Fsp3) is 0.250. The van der Waals surface area contributed by atoms with Crippen molar-refractivity contribution in [3.8, 4) is 5.75 Å². The van der Waals surface area contributed by atoms with E-state index in [0.29, 0.717) is 11.4 Å². The van der Waals surface area contributed by atoms with Crippen LogP contribution in [-0.4, -0.2) is 36.5 Å². The van der Waals surface area contributed by atoms with Crippen LogP contribution in [0, 0.1) is 6.42 Å². The number of alkyl halides is 3. The van der Waals surface area contributed by atoms with Gasteiger partial charge in [0.25, 0.3) is 0 Å². The quantitative estimate of drug-likeness (QED) is 0.467. The maximum absolute atomic E-state index is 12.2. The number of thioether (sulfide) groups is 1. The van der Waals surface area contributed by atoms with Gasteiger partial charge in [-0.1, -0.05) is 30.3 Å². The van der Waals surface area contributed by atoms with Gasteiger partial charge in [0.2, 0.25) is 11.8 Å². The molecule has 0 saturated carbocycles. The zero-order valence-corrected chi connectivity index (χ0v) is 16.6. The topological polar surface area (TPSA) is 93.5 Å². The Morgan fingerprint density at radius 2 is 1.77 bits per heavy atom. The number of halogens is 3. The molecule has 2 amide bonds. The molecule has 1 radical (unpaired) electrons. The number of carbonyl (C=O) groups is 2. The highest BCUT2D eigenvalue weighted by atomic mass is 32.2. The van der Waals surface area contributed by atoms with Gasteiger partial charge in [-0.15, -0.1) is 13.2 Å². The molecule has 0 aromatic heterocycles. The molecule has 0 spiro atoms. The molecule has 0 fully saturated rings. The summed E-state index contributed by atoms with van der Waals surface area (Å²) in [4.78, 5) is 23.6. The van der Waals surface area contributed by atoms with Crippen molar-refractivity contribution in [2.45, 2.75) is 18.2 Å². The second-order valence-corrected chi connectivity index (χ2v) is 7.15. The van der Waals surface area contributed by atoms with Gasteiger partial charge in [0.15, 0.2) is 0 Å². The van der Waals surface area contributed by atoms with E-state index in [4.69, 9.17) is 5.73 Å². The normalized spacial score (nSPS) is 12.1.